The first-order valence-corrected chi connectivity index (χ1v) is 6.30. The molecular formula is C14H8BrFN2O2. The molecule has 0 saturated carbocycles. The summed E-state index contributed by atoms with van der Waals surface area (Å²) >= 11 is 3.22. The van der Waals surface area contributed by atoms with Crippen molar-refractivity contribution >= 4 is 27.5 Å². The first kappa shape index (κ1) is 14.0. The quantitative estimate of drug-likeness (QED) is 0.883. The zero-order valence-electron chi connectivity index (χ0n) is 10.0. The van der Waals surface area contributed by atoms with Gasteiger partial charge in [0.25, 0.3) is 5.91 Å². The van der Waals surface area contributed by atoms with Gasteiger partial charge in [-0.1, -0.05) is 22.0 Å². The van der Waals surface area contributed by atoms with Crippen LogP contribution in [0.15, 0.2) is 40.9 Å². The molecule has 2 rings (SSSR count). The normalized spacial score (nSPS) is 9.85. The largest absolute Gasteiger partial charge is 0.507 e. The number of hydrogen-bond donors (Lipinski definition) is 2. The molecule has 0 radical (unpaired) electrons. The summed E-state index contributed by atoms with van der Waals surface area (Å²) in [5, 5.41) is 20.9. The number of carbonyl (C=O) groups is 1. The lowest BCUT2D eigenvalue weighted by atomic mass is 10.1. The molecule has 0 atom stereocenters. The number of nitrogens with zero attached hydrogens (tertiary/aromatic N) is 1. The molecule has 6 heteroatoms. The van der Waals surface area contributed by atoms with Crippen molar-refractivity contribution in [3.8, 4) is 11.8 Å². The van der Waals surface area contributed by atoms with E-state index >= 15 is 0 Å². The SMILES string of the molecule is N#Cc1ccc(Br)cc1NC(=O)c1c(O)cccc1F. The molecule has 100 valence electrons. The van der Waals surface area contributed by atoms with Crippen LogP contribution in [0.5, 0.6) is 5.75 Å². The van der Waals surface area contributed by atoms with Crippen molar-refractivity contribution < 1.29 is 14.3 Å². The van der Waals surface area contributed by atoms with Crippen LogP contribution in [0.3, 0.4) is 0 Å². The fraction of sp³-hybridized carbons (Fsp3) is 0. The van der Waals surface area contributed by atoms with E-state index in [-0.39, 0.29) is 11.3 Å². The zero-order valence-corrected chi connectivity index (χ0v) is 11.6. The first-order valence-electron chi connectivity index (χ1n) is 5.51. The summed E-state index contributed by atoms with van der Waals surface area (Å²) in [6.45, 7) is 0. The van der Waals surface area contributed by atoms with Gasteiger partial charge in [0.1, 0.15) is 23.2 Å². The summed E-state index contributed by atoms with van der Waals surface area (Å²) in [7, 11) is 0. The van der Waals surface area contributed by atoms with Crippen LogP contribution in [0.1, 0.15) is 15.9 Å². The van der Waals surface area contributed by atoms with Crippen LogP contribution in [0, 0.1) is 17.1 Å². The van der Waals surface area contributed by atoms with Crippen LogP contribution in [0.4, 0.5) is 10.1 Å². The Balaban J connectivity index is 2.38. The third-order valence-corrected chi connectivity index (χ3v) is 3.06. The van der Waals surface area contributed by atoms with Gasteiger partial charge in [-0.15, -0.1) is 0 Å². The molecule has 0 aliphatic rings. The minimum atomic E-state index is -0.837. The predicted octanol–water partition coefficient (Wildman–Crippen LogP) is 3.42. The molecule has 0 aliphatic carbocycles. The van der Waals surface area contributed by atoms with E-state index in [4.69, 9.17) is 5.26 Å². The highest BCUT2D eigenvalue weighted by Gasteiger charge is 2.17. The smallest absolute Gasteiger partial charge is 0.262 e. The minimum absolute atomic E-state index is 0.231. The van der Waals surface area contributed by atoms with Gasteiger partial charge in [-0.05, 0) is 30.3 Å². The molecule has 0 saturated heterocycles. The summed E-state index contributed by atoms with van der Waals surface area (Å²) in [6, 6.07) is 10.2. The third-order valence-electron chi connectivity index (χ3n) is 2.57. The Kier molecular flexibility index (Phi) is 4.01. The highest BCUT2D eigenvalue weighted by atomic mass is 79.9. The van der Waals surface area contributed by atoms with Crippen LogP contribution in [-0.2, 0) is 0 Å². The third kappa shape index (κ3) is 2.78. The molecule has 0 aliphatic heterocycles. The van der Waals surface area contributed by atoms with Gasteiger partial charge in [0.15, 0.2) is 0 Å². The average Bonchev–Trinajstić information content (AvgIpc) is 2.38. The van der Waals surface area contributed by atoms with Crippen molar-refractivity contribution in [2.45, 2.75) is 0 Å². The van der Waals surface area contributed by atoms with E-state index in [9.17, 15) is 14.3 Å². The molecule has 2 aromatic rings. The molecular weight excluding hydrogens is 327 g/mol. The van der Waals surface area contributed by atoms with Crippen LogP contribution < -0.4 is 5.32 Å². The van der Waals surface area contributed by atoms with Crippen LogP contribution in [0.2, 0.25) is 0 Å². The van der Waals surface area contributed by atoms with E-state index in [0.29, 0.717) is 4.47 Å². The number of phenolic OH excluding ortho intramolecular Hbond substituents is 1. The number of nitriles is 1. The maximum atomic E-state index is 13.6. The van der Waals surface area contributed by atoms with E-state index in [1.54, 1.807) is 6.07 Å². The Hall–Kier alpha value is -2.39. The molecule has 0 spiro atoms. The maximum Gasteiger partial charge on any atom is 0.262 e. The number of carbonyl (C=O) groups excluding carboxylic acids is 1. The van der Waals surface area contributed by atoms with E-state index in [2.05, 4.69) is 21.2 Å². The van der Waals surface area contributed by atoms with Crippen LogP contribution in [-0.4, -0.2) is 11.0 Å². The van der Waals surface area contributed by atoms with Gasteiger partial charge in [0, 0.05) is 4.47 Å². The predicted molar refractivity (Wildman–Crippen MR) is 74.9 cm³/mol. The van der Waals surface area contributed by atoms with Gasteiger partial charge in [-0.25, -0.2) is 4.39 Å². The molecule has 20 heavy (non-hydrogen) atoms. The Morgan fingerprint density at radius 2 is 2.10 bits per heavy atom. The number of halogens is 2. The van der Waals surface area contributed by atoms with Crippen molar-refractivity contribution in [2.75, 3.05) is 5.32 Å². The Morgan fingerprint density at radius 3 is 2.75 bits per heavy atom. The van der Waals surface area contributed by atoms with Gasteiger partial charge in [-0.3, -0.25) is 4.79 Å². The molecule has 1 amide bonds. The van der Waals surface area contributed by atoms with E-state index in [1.807, 2.05) is 6.07 Å². The number of aromatic hydroxyl groups is 1. The van der Waals surface area contributed by atoms with Crippen LogP contribution in [0.25, 0.3) is 0 Å². The topological polar surface area (TPSA) is 73.1 Å². The van der Waals surface area contributed by atoms with Crippen molar-refractivity contribution in [1.29, 1.82) is 5.26 Å². The second kappa shape index (κ2) is 5.72. The molecule has 2 N–H and O–H groups in total. The summed E-state index contributed by atoms with van der Waals surface area (Å²) in [6.07, 6.45) is 0. The summed E-state index contributed by atoms with van der Waals surface area (Å²) in [4.78, 5) is 12.0. The number of nitrogens with one attached hydrogen (secondary N) is 1. The van der Waals surface area contributed by atoms with Crippen molar-refractivity contribution in [3.63, 3.8) is 0 Å². The second-order valence-electron chi connectivity index (χ2n) is 3.89. The van der Waals surface area contributed by atoms with Crippen LogP contribution >= 0.6 is 15.9 Å². The van der Waals surface area contributed by atoms with Gasteiger partial charge >= 0.3 is 0 Å². The lowest BCUT2D eigenvalue weighted by Crippen LogP contribution is -2.14. The summed E-state index contributed by atoms with van der Waals surface area (Å²) in [5.41, 5.74) is 0.00303. The fourth-order valence-corrected chi connectivity index (χ4v) is 2.00. The molecule has 0 fully saturated rings. The van der Waals surface area contributed by atoms with E-state index in [0.717, 1.165) is 6.07 Å². The van der Waals surface area contributed by atoms with E-state index in [1.165, 1.54) is 24.3 Å². The highest BCUT2D eigenvalue weighted by molar-refractivity contribution is 9.10. The number of phenols is 1. The molecule has 2 aromatic carbocycles. The van der Waals surface area contributed by atoms with Gasteiger partial charge < -0.3 is 10.4 Å². The zero-order chi connectivity index (χ0) is 14.7. The number of hydrogen-bond acceptors (Lipinski definition) is 3. The Labute approximate surface area is 122 Å². The lowest BCUT2D eigenvalue weighted by molar-refractivity contribution is 0.102. The maximum absolute atomic E-state index is 13.6. The standard InChI is InChI=1S/C14H8BrFN2O2/c15-9-5-4-8(7-17)11(6-9)18-14(20)13-10(16)2-1-3-12(13)19/h1-6,19H,(H,18,20). The Morgan fingerprint density at radius 1 is 1.35 bits per heavy atom. The van der Waals surface area contributed by atoms with Gasteiger partial charge in [0.2, 0.25) is 0 Å². The fourth-order valence-electron chi connectivity index (χ4n) is 1.64. The number of benzene rings is 2. The summed E-state index contributed by atoms with van der Waals surface area (Å²) < 4.78 is 14.2. The van der Waals surface area contributed by atoms with Gasteiger partial charge in [0.05, 0.1) is 11.3 Å². The minimum Gasteiger partial charge on any atom is -0.507 e. The average molecular weight is 335 g/mol. The highest BCUT2D eigenvalue weighted by Crippen LogP contribution is 2.24. The van der Waals surface area contributed by atoms with Crippen molar-refractivity contribution in [1.82, 2.24) is 0 Å². The molecule has 4 nitrogen and oxygen atoms in total. The van der Waals surface area contributed by atoms with Crippen molar-refractivity contribution in [2.24, 2.45) is 0 Å². The monoisotopic (exact) mass is 334 g/mol. The second-order valence-corrected chi connectivity index (χ2v) is 4.81. The molecule has 0 bridgehead atoms. The van der Waals surface area contributed by atoms with Gasteiger partial charge in [-0.2, -0.15) is 5.26 Å². The summed E-state index contributed by atoms with van der Waals surface area (Å²) in [5.74, 6) is -2.12. The number of rotatable bonds is 2. The molecule has 0 unspecified atom stereocenters. The molecule has 0 heterocycles. The van der Waals surface area contributed by atoms with Crippen molar-refractivity contribution in [3.05, 3.63) is 57.8 Å². The lowest BCUT2D eigenvalue weighted by Gasteiger charge is -2.09. The Bertz CT molecular complexity index is 705. The number of amides is 1. The number of anilines is 1. The van der Waals surface area contributed by atoms with E-state index < -0.39 is 23.0 Å². The molecule has 0 aromatic heterocycles. The first-order chi connectivity index (χ1) is 9.52.